The molecule has 0 aliphatic heterocycles. The summed E-state index contributed by atoms with van der Waals surface area (Å²) in [5.41, 5.74) is -2.17. The van der Waals surface area contributed by atoms with E-state index in [1.165, 1.54) is 97.6 Å². The van der Waals surface area contributed by atoms with Crippen molar-refractivity contribution < 1.29 is 73.6 Å². The van der Waals surface area contributed by atoms with Crippen molar-refractivity contribution in [2.75, 3.05) is 0 Å². The molecule has 0 aliphatic rings. The molecule has 0 saturated carbocycles. The predicted octanol–water partition coefficient (Wildman–Crippen LogP) is 15.7. The van der Waals surface area contributed by atoms with Crippen LogP contribution in [-0.2, 0) is 22.4 Å². The van der Waals surface area contributed by atoms with E-state index in [9.17, 15) is 48.4 Å². The summed E-state index contributed by atoms with van der Waals surface area (Å²) < 4.78 is 139. The number of hydrogen-bond acceptors (Lipinski definition) is 22. The van der Waals surface area contributed by atoms with Crippen LogP contribution >= 0.6 is 0 Å². The lowest BCUT2D eigenvalue weighted by molar-refractivity contribution is 0.112. The summed E-state index contributed by atoms with van der Waals surface area (Å²) in [5, 5.41) is 72.4. The smallest absolute Gasteiger partial charge is 0.323 e. The third kappa shape index (κ3) is 15.8. The number of rotatable bonds is 16. The van der Waals surface area contributed by atoms with E-state index in [0.717, 1.165) is 48.8 Å². The Morgan fingerprint density at radius 2 is 0.657 bits per heavy atom. The van der Waals surface area contributed by atoms with Crippen LogP contribution < -0.4 is 22.8 Å². The second-order valence-corrected chi connectivity index (χ2v) is 31.8. The quantitative estimate of drug-likeness (QED) is 0.0400. The van der Waals surface area contributed by atoms with Gasteiger partial charge >= 0.3 is 22.8 Å². The number of nitrogens with one attached hydrogen (secondary N) is 8. The number of hydrogen-bond donors (Lipinski definition) is 12. The van der Waals surface area contributed by atoms with Gasteiger partial charge in [-0.25, -0.2) is 54.3 Å². The van der Waals surface area contributed by atoms with Gasteiger partial charge in [0, 0.05) is 74.2 Å². The van der Waals surface area contributed by atoms with E-state index in [1.54, 1.807) is 118 Å². The minimum atomic E-state index is -2.44. The van der Waals surface area contributed by atoms with Gasteiger partial charge < -0.3 is 78.4 Å². The van der Waals surface area contributed by atoms with Crippen LogP contribution in [0, 0.1) is 116 Å². The van der Waals surface area contributed by atoms with Crippen molar-refractivity contribution in [3.63, 3.8) is 0 Å². The second-order valence-electron chi connectivity index (χ2n) is 31.8. The summed E-state index contributed by atoms with van der Waals surface area (Å²) in [6.45, 7) is 17.4. The molecular weight excluding hydrogens is 1750 g/mol. The lowest BCUT2D eigenvalue weighted by atomic mass is 9.80. The molecule has 134 heavy (non-hydrogen) atoms. The lowest BCUT2D eigenvalue weighted by Gasteiger charge is -2.30. The Labute approximate surface area is 748 Å². The van der Waals surface area contributed by atoms with Gasteiger partial charge in [-0.2, -0.15) is 10.2 Å². The number of nitrogens with zero attached hydrogens (tertiary/aromatic N) is 10. The zero-order valence-corrected chi connectivity index (χ0v) is 72.0. The molecule has 30 nitrogen and oxygen atoms in total. The monoisotopic (exact) mass is 1820 g/mol. The van der Waals surface area contributed by atoms with E-state index in [4.69, 9.17) is 18.1 Å². The molecule has 12 N–H and O–H groups in total. The largest absolute Gasteiger partial charge is 0.374 e. The van der Waals surface area contributed by atoms with Crippen molar-refractivity contribution in [3.8, 4) is 44.5 Å². The molecule has 0 radical (unpaired) electrons. The average molecular weight is 1820 g/mol. The molecule has 0 aliphatic carbocycles. The number of H-pyrrole nitrogens is 8. The minimum Gasteiger partial charge on any atom is -0.374 e. The summed E-state index contributed by atoms with van der Waals surface area (Å²) >= 11 is 0. The maximum Gasteiger partial charge on any atom is 0.323 e. The third-order valence-electron chi connectivity index (χ3n) is 23.1. The molecule has 0 fully saturated rings. The van der Waals surface area contributed by atoms with Crippen LogP contribution in [0.25, 0.3) is 88.6 Å². The number of fused-ring (bicyclic) bond motifs is 4. The molecule has 12 heterocycles. The molecule has 4 unspecified atom stereocenters. The Morgan fingerprint density at radius 3 is 0.985 bits per heavy atom. The van der Waals surface area contributed by atoms with Crippen LogP contribution in [0.3, 0.4) is 0 Å². The number of imidazole rings is 4. The number of aromatic nitrogens is 18. The lowest BCUT2D eigenvalue weighted by Crippen LogP contribution is -2.33. The highest BCUT2D eigenvalue weighted by Gasteiger charge is 2.47. The summed E-state index contributed by atoms with van der Waals surface area (Å²) in [5.74, 6) is -4.48. The first-order valence-electron chi connectivity index (χ1n) is 40.9. The summed E-state index contributed by atoms with van der Waals surface area (Å²) in [6.07, 6.45) is 7.15. The molecule has 0 amide bonds. The van der Waals surface area contributed by atoms with E-state index < -0.39 is 103 Å². The molecule has 676 valence electrons. The fourth-order valence-corrected chi connectivity index (χ4v) is 17.2. The molecule has 0 spiro atoms. The maximum atomic E-state index is 15.3. The number of pyridine rings is 2. The van der Waals surface area contributed by atoms with Crippen LogP contribution in [0.15, 0.2) is 232 Å². The van der Waals surface area contributed by atoms with Gasteiger partial charge in [-0.3, -0.25) is 19.9 Å². The molecule has 0 saturated heterocycles. The zero-order valence-electron chi connectivity index (χ0n) is 72.0. The van der Waals surface area contributed by atoms with Crippen LogP contribution in [0.4, 0.5) is 35.1 Å². The van der Waals surface area contributed by atoms with Crippen LogP contribution in [0.5, 0.6) is 0 Å². The second kappa shape index (κ2) is 34.7. The highest BCUT2D eigenvalue weighted by atomic mass is 19.2. The SMILES string of the molecule is Cc1ccc(C(O)(c2ccc(F)cn2)c2cc(-c3c(C)noc3C)cc3[nH]c(=O)[nH]c23)c(F)c1.Cc1ccc(F)c(C(O)(c2ccc(F)cn2)c2cc(-c3c(C)noc3C)cc3[nH]c(=O)[nH]c23)c1.Cc1noc(C)c1-c1cc(C(O)(c2cccnn2)c2c(F)cccc2F)c2[nH]c(=O)[nH]c2c1.Cc1noc(C)c1-c1cc(C(O)(c2cnccn2)c2c(F)cccc2F)c2[nH]c(=O)[nH]c2c1. The maximum absolute atomic E-state index is 15.3. The van der Waals surface area contributed by atoms with Gasteiger partial charge in [-0.05, 0) is 224 Å². The van der Waals surface area contributed by atoms with Crippen LogP contribution in [0.1, 0.15) is 124 Å². The van der Waals surface area contributed by atoms with Crippen molar-refractivity contribution in [3.05, 3.63) is 408 Å². The van der Waals surface area contributed by atoms with Crippen molar-refractivity contribution in [1.29, 1.82) is 0 Å². The summed E-state index contributed by atoms with van der Waals surface area (Å²) in [4.78, 5) is 86.5. The Kier molecular flexibility index (Phi) is 23.1. The topological polar surface area (TPSA) is 457 Å². The van der Waals surface area contributed by atoms with E-state index in [1.807, 2.05) is 0 Å². The van der Waals surface area contributed by atoms with Crippen molar-refractivity contribution >= 4 is 44.1 Å². The first kappa shape index (κ1) is 89.4. The van der Waals surface area contributed by atoms with Crippen LogP contribution in [0.2, 0.25) is 0 Å². The number of aryl methyl sites for hydroxylation is 10. The first-order chi connectivity index (χ1) is 64.0. The Bertz CT molecular complexity index is 7870. The van der Waals surface area contributed by atoms with Gasteiger partial charge in [0.15, 0.2) is 22.4 Å². The van der Waals surface area contributed by atoms with Crippen molar-refractivity contribution in [2.45, 2.75) is 91.6 Å². The highest BCUT2D eigenvalue weighted by molar-refractivity contribution is 5.92. The van der Waals surface area contributed by atoms with Gasteiger partial charge in [0.1, 0.15) is 75.3 Å². The minimum absolute atomic E-state index is 0.00199. The Balaban J connectivity index is 0.000000124. The van der Waals surface area contributed by atoms with Crippen molar-refractivity contribution in [1.82, 2.24) is 90.6 Å². The third-order valence-corrected chi connectivity index (χ3v) is 23.1. The number of halogens is 8. The predicted molar refractivity (Wildman–Crippen MR) is 471 cm³/mol. The molecular formula is C96H74F8N18O12. The fourth-order valence-electron chi connectivity index (χ4n) is 17.2. The van der Waals surface area contributed by atoms with Gasteiger partial charge in [0.2, 0.25) is 0 Å². The molecule has 0 bridgehead atoms. The summed E-state index contributed by atoms with van der Waals surface area (Å²) in [6, 6.07) is 36.1. The molecule has 4 atom stereocenters. The zero-order chi connectivity index (χ0) is 95.1. The fraction of sp³-hybridized carbons (Fsp3) is 0.146. The summed E-state index contributed by atoms with van der Waals surface area (Å²) in [7, 11) is 0. The van der Waals surface area contributed by atoms with Gasteiger partial charge in [-0.15, -0.1) is 0 Å². The van der Waals surface area contributed by atoms with Gasteiger partial charge in [0.05, 0.1) is 114 Å². The first-order valence-corrected chi connectivity index (χ1v) is 40.9. The molecule has 20 rings (SSSR count). The van der Waals surface area contributed by atoms with E-state index in [-0.39, 0.29) is 78.2 Å². The molecule has 20 aromatic rings. The van der Waals surface area contributed by atoms with E-state index >= 15 is 26.3 Å². The number of aliphatic hydroxyl groups is 4. The normalized spacial score (nSPS) is 13.4. The van der Waals surface area contributed by atoms with Crippen LogP contribution in [-0.4, -0.2) is 111 Å². The van der Waals surface area contributed by atoms with Gasteiger partial charge in [0.25, 0.3) is 0 Å². The average Bonchev–Trinajstić information content (AvgIpc) is 1.37. The number of benzene rings is 8. The van der Waals surface area contributed by atoms with E-state index in [0.29, 0.717) is 124 Å². The standard InChI is InChI=1S/2C25H20F2N4O3.2C23H17F2N5O3/c1-12-4-6-19(27)17(8-12)25(33,21-7-5-16(26)11-28-21)18-9-15(22-13(2)31-34-14(22)3)10-20-23(18)30-24(32)29-20;1-12-4-6-17(19(27)8-12)25(33,21-7-5-16(26)11-28-21)18-9-15(22-13(2)31-34-14(22)3)10-20-23(18)30-24(32)29-20;1-11-19(12(2)33-30-11)13-9-14(21-17(10-13)27-22(31)28-21)23(32,18-7-4-8-26-29-18)20-15(24)5-3-6-16(20)25;1-11-19(12(2)33-30-11)13-8-14(21-17(9-13)28-22(31)29-21)23(32,18-10-26-6-7-27-18)20-15(24)4-3-5-16(20)25/h2*4-11,33H,1-3H3,(H2,29,30,32);3-10,32H,1-2H3,(H2,27,28,31);3-10,32H,1-2H3,(H2,28,29,31). The van der Waals surface area contributed by atoms with Gasteiger partial charge in [-0.1, -0.05) is 56.5 Å². The van der Waals surface area contributed by atoms with Crippen molar-refractivity contribution in [2.24, 2.45) is 0 Å². The Morgan fingerprint density at radius 1 is 0.299 bits per heavy atom. The highest BCUT2D eigenvalue weighted by Crippen LogP contribution is 2.49. The van der Waals surface area contributed by atoms with E-state index in [2.05, 4.69) is 90.6 Å². The molecule has 12 aromatic heterocycles. The molecule has 8 aromatic carbocycles. The molecule has 38 heteroatoms. The number of aromatic amines is 8. The Hall–Kier alpha value is -16.6.